The molecule has 2 rings (SSSR count). The van der Waals surface area contributed by atoms with Gasteiger partial charge >= 0.3 is 0 Å². The van der Waals surface area contributed by atoms with Crippen molar-refractivity contribution in [3.05, 3.63) is 57.8 Å². The van der Waals surface area contributed by atoms with Gasteiger partial charge < -0.3 is 5.32 Å². The Balaban J connectivity index is 2.04. The topological polar surface area (TPSA) is 35.8 Å². The summed E-state index contributed by atoms with van der Waals surface area (Å²) in [7, 11) is 0. The van der Waals surface area contributed by atoms with Gasteiger partial charge in [-0.05, 0) is 29.5 Å². The van der Waals surface area contributed by atoms with Crippen molar-refractivity contribution in [3.63, 3.8) is 0 Å². The third kappa shape index (κ3) is 3.19. The van der Waals surface area contributed by atoms with E-state index in [1.54, 1.807) is 11.3 Å². The van der Waals surface area contributed by atoms with E-state index in [1.165, 1.54) is 16.0 Å². The number of hydrogen-bond donors (Lipinski definition) is 1. The summed E-state index contributed by atoms with van der Waals surface area (Å²) in [5, 5.41) is 14.5. The highest BCUT2D eigenvalue weighted by molar-refractivity contribution is 7.10. The second-order valence-corrected chi connectivity index (χ2v) is 5.23. The second kappa shape index (κ2) is 6.34. The van der Waals surface area contributed by atoms with Crippen LogP contribution in [0.15, 0.2) is 41.8 Å². The summed E-state index contributed by atoms with van der Waals surface area (Å²) in [4.78, 5) is 1.34. The molecule has 0 aliphatic rings. The smallest absolute Gasteiger partial charge is 0.0641 e. The molecule has 18 heavy (non-hydrogen) atoms. The van der Waals surface area contributed by atoms with Gasteiger partial charge in [0.15, 0.2) is 0 Å². The molecule has 0 fully saturated rings. The zero-order valence-corrected chi connectivity index (χ0v) is 11.2. The van der Waals surface area contributed by atoms with Gasteiger partial charge in [0.25, 0.3) is 0 Å². The largest absolute Gasteiger partial charge is 0.304 e. The Morgan fingerprint density at radius 3 is 2.67 bits per heavy atom. The van der Waals surface area contributed by atoms with Crippen LogP contribution in [-0.2, 0) is 6.54 Å². The molecule has 0 aliphatic carbocycles. The van der Waals surface area contributed by atoms with Crippen molar-refractivity contribution in [2.45, 2.75) is 25.9 Å². The van der Waals surface area contributed by atoms with Gasteiger partial charge in [-0.25, -0.2) is 0 Å². The molecular formula is C15H16N2S. The highest BCUT2D eigenvalue weighted by atomic mass is 32.1. The minimum atomic E-state index is 0.109. The van der Waals surface area contributed by atoms with Gasteiger partial charge in [0.05, 0.1) is 12.5 Å². The van der Waals surface area contributed by atoms with Crippen molar-refractivity contribution < 1.29 is 0 Å². The van der Waals surface area contributed by atoms with Crippen molar-refractivity contribution in [2.75, 3.05) is 0 Å². The van der Waals surface area contributed by atoms with Crippen LogP contribution in [0.1, 0.15) is 28.5 Å². The molecule has 2 aromatic rings. The molecule has 1 N–H and O–H groups in total. The molecule has 92 valence electrons. The first-order valence-electron chi connectivity index (χ1n) is 5.99. The first-order chi connectivity index (χ1) is 8.81. The van der Waals surface area contributed by atoms with Crippen LogP contribution in [0.3, 0.4) is 0 Å². The van der Waals surface area contributed by atoms with Gasteiger partial charge in [0, 0.05) is 17.5 Å². The minimum Gasteiger partial charge on any atom is -0.304 e. The SMILES string of the molecule is Cc1ccsc1CNC(CC#N)c1ccccc1. The monoisotopic (exact) mass is 256 g/mol. The molecule has 1 heterocycles. The molecule has 0 amide bonds. The Morgan fingerprint density at radius 1 is 1.28 bits per heavy atom. The molecule has 0 aliphatic heterocycles. The molecule has 2 nitrogen and oxygen atoms in total. The van der Waals surface area contributed by atoms with E-state index in [4.69, 9.17) is 5.26 Å². The number of thiophene rings is 1. The first kappa shape index (κ1) is 12.8. The predicted octanol–water partition coefficient (Wildman–Crippen LogP) is 3.80. The lowest BCUT2D eigenvalue weighted by Crippen LogP contribution is -2.20. The molecule has 1 unspecified atom stereocenters. The van der Waals surface area contributed by atoms with Gasteiger partial charge in [0.1, 0.15) is 0 Å². The fraction of sp³-hybridized carbons (Fsp3) is 0.267. The predicted molar refractivity (Wildman–Crippen MR) is 75.3 cm³/mol. The van der Waals surface area contributed by atoms with Crippen LogP contribution in [0.4, 0.5) is 0 Å². The van der Waals surface area contributed by atoms with E-state index in [1.807, 2.05) is 18.2 Å². The normalized spacial score (nSPS) is 12.0. The van der Waals surface area contributed by atoms with Crippen LogP contribution < -0.4 is 5.32 Å². The summed E-state index contributed by atoms with van der Waals surface area (Å²) in [5.74, 6) is 0. The van der Waals surface area contributed by atoms with Crippen molar-refractivity contribution in [3.8, 4) is 6.07 Å². The number of aryl methyl sites for hydroxylation is 1. The number of benzene rings is 1. The Morgan fingerprint density at radius 2 is 2.06 bits per heavy atom. The van der Waals surface area contributed by atoms with Crippen LogP contribution in [0.25, 0.3) is 0 Å². The van der Waals surface area contributed by atoms with Crippen LogP contribution >= 0.6 is 11.3 Å². The number of nitriles is 1. The Labute approximate surface area is 112 Å². The molecule has 0 saturated carbocycles. The molecule has 0 radical (unpaired) electrons. The Bertz CT molecular complexity index is 525. The number of nitrogens with zero attached hydrogens (tertiary/aromatic N) is 1. The van der Waals surface area contributed by atoms with Crippen LogP contribution in [0, 0.1) is 18.3 Å². The average Bonchev–Trinajstić information content (AvgIpc) is 2.81. The van der Waals surface area contributed by atoms with Gasteiger partial charge in [0.2, 0.25) is 0 Å². The fourth-order valence-electron chi connectivity index (χ4n) is 1.89. The molecule has 1 aromatic carbocycles. The fourth-order valence-corrected chi connectivity index (χ4v) is 2.74. The third-order valence-corrected chi connectivity index (χ3v) is 4.00. The van der Waals surface area contributed by atoms with Gasteiger partial charge in [-0.1, -0.05) is 30.3 Å². The summed E-state index contributed by atoms with van der Waals surface area (Å²) in [6, 6.07) is 14.6. The van der Waals surface area contributed by atoms with Gasteiger partial charge in [-0.2, -0.15) is 5.26 Å². The van der Waals surface area contributed by atoms with E-state index in [2.05, 4.69) is 41.9 Å². The van der Waals surface area contributed by atoms with E-state index in [0.717, 1.165) is 6.54 Å². The molecular weight excluding hydrogens is 240 g/mol. The molecule has 0 bridgehead atoms. The average molecular weight is 256 g/mol. The van der Waals surface area contributed by atoms with E-state index < -0.39 is 0 Å². The van der Waals surface area contributed by atoms with E-state index in [9.17, 15) is 0 Å². The van der Waals surface area contributed by atoms with Crippen LogP contribution in [0.2, 0.25) is 0 Å². The maximum absolute atomic E-state index is 8.92. The maximum atomic E-state index is 8.92. The van der Waals surface area contributed by atoms with Crippen molar-refractivity contribution in [2.24, 2.45) is 0 Å². The lowest BCUT2D eigenvalue weighted by molar-refractivity contribution is 0.545. The third-order valence-electron chi connectivity index (χ3n) is 2.97. The molecule has 1 atom stereocenters. The number of nitrogens with one attached hydrogen (secondary N) is 1. The van der Waals surface area contributed by atoms with E-state index in [0.29, 0.717) is 6.42 Å². The van der Waals surface area contributed by atoms with Gasteiger partial charge in [-0.3, -0.25) is 0 Å². The zero-order chi connectivity index (χ0) is 12.8. The number of hydrogen-bond acceptors (Lipinski definition) is 3. The quantitative estimate of drug-likeness (QED) is 0.883. The Kier molecular flexibility index (Phi) is 4.52. The minimum absolute atomic E-state index is 0.109. The summed E-state index contributed by atoms with van der Waals surface area (Å²) in [6.45, 7) is 2.94. The zero-order valence-electron chi connectivity index (χ0n) is 10.4. The van der Waals surface area contributed by atoms with Gasteiger partial charge in [-0.15, -0.1) is 11.3 Å². The standard InChI is InChI=1S/C15H16N2S/c1-12-8-10-18-15(12)11-17-14(7-9-16)13-5-3-2-4-6-13/h2-6,8,10,14,17H,7,11H2,1H3. The summed E-state index contributed by atoms with van der Waals surface area (Å²) in [6.07, 6.45) is 0.494. The summed E-state index contributed by atoms with van der Waals surface area (Å²) in [5.41, 5.74) is 2.49. The highest BCUT2D eigenvalue weighted by Gasteiger charge is 2.10. The maximum Gasteiger partial charge on any atom is 0.0641 e. The van der Waals surface area contributed by atoms with Crippen molar-refractivity contribution in [1.82, 2.24) is 5.32 Å². The van der Waals surface area contributed by atoms with Crippen LogP contribution in [-0.4, -0.2) is 0 Å². The highest BCUT2D eigenvalue weighted by Crippen LogP contribution is 2.20. The molecule has 3 heteroatoms. The molecule has 0 saturated heterocycles. The number of rotatable bonds is 5. The summed E-state index contributed by atoms with van der Waals surface area (Å²) >= 11 is 1.76. The van der Waals surface area contributed by atoms with Crippen molar-refractivity contribution >= 4 is 11.3 Å². The van der Waals surface area contributed by atoms with E-state index >= 15 is 0 Å². The molecule has 0 spiro atoms. The first-order valence-corrected chi connectivity index (χ1v) is 6.87. The lowest BCUT2D eigenvalue weighted by Gasteiger charge is -2.16. The lowest BCUT2D eigenvalue weighted by atomic mass is 10.0. The van der Waals surface area contributed by atoms with Crippen molar-refractivity contribution in [1.29, 1.82) is 5.26 Å². The second-order valence-electron chi connectivity index (χ2n) is 4.23. The van der Waals surface area contributed by atoms with Crippen LogP contribution in [0.5, 0.6) is 0 Å². The van der Waals surface area contributed by atoms with E-state index in [-0.39, 0.29) is 6.04 Å². The Hall–Kier alpha value is -1.63. The molecule has 1 aromatic heterocycles. The summed E-state index contributed by atoms with van der Waals surface area (Å²) < 4.78 is 0.